The molecular formula is C6H5ClN2O3. The standard InChI is InChI=1S/C6H5ClN2O3/c7-3-1-5(9(11)12)6(10)2-4(3)8/h1-2,10H,8H2. The van der Waals surface area contributed by atoms with E-state index in [1.165, 1.54) is 0 Å². The first kappa shape index (κ1) is 8.61. The van der Waals surface area contributed by atoms with Crippen molar-refractivity contribution in [1.29, 1.82) is 0 Å². The second-order valence-corrected chi connectivity index (χ2v) is 2.53. The lowest BCUT2D eigenvalue weighted by Crippen LogP contribution is -1.91. The summed E-state index contributed by atoms with van der Waals surface area (Å²) in [4.78, 5) is 9.50. The highest BCUT2D eigenvalue weighted by Crippen LogP contribution is 2.33. The highest BCUT2D eigenvalue weighted by atomic mass is 35.5. The minimum atomic E-state index is -0.735. The van der Waals surface area contributed by atoms with E-state index in [0.29, 0.717) is 0 Å². The molecule has 0 aliphatic carbocycles. The van der Waals surface area contributed by atoms with Gasteiger partial charge in [-0.05, 0) is 0 Å². The first-order chi connectivity index (χ1) is 5.52. The first-order valence-electron chi connectivity index (χ1n) is 2.94. The molecule has 0 aliphatic heterocycles. The van der Waals surface area contributed by atoms with Gasteiger partial charge in [-0.1, -0.05) is 11.6 Å². The summed E-state index contributed by atoms with van der Waals surface area (Å²) in [7, 11) is 0. The van der Waals surface area contributed by atoms with Crippen molar-refractivity contribution in [2.75, 3.05) is 5.73 Å². The van der Waals surface area contributed by atoms with Gasteiger partial charge in [0.25, 0.3) is 0 Å². The minimum absolute atomic E-state index is 0.0551. The van der Waals surface area contributed by atoms with Crippen molar-refractivity contribution in [1.82, 2.24) is 0 Å². The highest BCUT2D eigenvalue weighted by molar-refractivity contribution is 6.33. The van der Waals surface area contributed by atoms with Crippen LogP contribution >= 0.6 is 11.6 Å². The van der Waals surface area contributed by atoms with E-state index in [-0.39, 0.29) is 10.7 Å². The quantitative estimate of drug-likeness (QED) is 0.397. The van der Waals surface area contributed by atoms with Crippen LogP contribution < -0.4 is 5.73 Å². The van der Waals surface area contributed by atoms with Gasteiger partial charge in [0.1, 0.15) is 0 Å². The number of nitrogen functional groups attached to an aromatic ring is 1. The monoisotopic (exact) mass is 188 g/mol. The van der Waals surface area contributed by atoms with Gasteiger partial charge in [0.05, 0.1) is 15.6 Å². The molecule has 0 spiro atoms. The Hall–Kier alpha value is -1.49. The van der Waals surface area contributed by atoms with Gasteiger partial charge in [-0.25, -0.2) is 0 Å². The maximum Gasteiger partial charge on any atom is 0.312 e. The van der Waals surface area contributed by atoms with E-state index < -0.39 is 16.4 Å². The van der Waals surface area contributed by atoms with E-state index in [4.69, 9.17) is 22.4 Å². The SMILES string of the molecule is Nc1cc(O)c([N+](=O)[O-])cc1Cl. The average molecular weight is 189 g/mol. The molecule has 0 bridgehead atoms. The lowest BCUT2D eigenvalue weighted by Gasteiger charge is -1.99. The Kier molecular flexibility index (Phi) is 2.05. The van der Waals surface area contributed by atoms with Crippen LogP contribution in [-0.2, 0) is 0 Å². The third kappa shape index (κ3) is 1.40. The molecule has 0 aliphatic rings. The zero-order valence-electron chi connectivity index (χ0n) is 5.82. The molecule has 0 saturated carbocycles. The minimum Gasteiger partial charge on any atom is -0.502 e. The maximum atomic E-state index is 10.2. The predicted octanol–water partition coefficient (Wildman–Crippen LogP) is 1.54. The number of phenolic OH excluding ortho intramolecular Hbond substituents is 1. The Morgan fingerprint density at radius 3 is 2.67 bits per heavy atom. The molecule has 12 heavy (non-hydrogen) atoms. The van der Waals surface area contributed by atoms with Crippen molar-refractivity contribution in [2.24, 2.45) is 0 Å². The van der Waals surface area contributed by atoms with Crippen LogP contribution in [0.2, 0.25) is 5.02 Å². The molecule has 64 valence electrons. The van der Waals surface area contributed by atoms with Crippen molar-refractivity contribution in [3.63, 3.8) is 0 Å². The molecule has 6 heteroatoms. The van der Waals surface area contributed by atoms with E-state index in [9.17, 15) is 10.1 Å². The topological polar surface area (TPSA) is 89.4 Å². The van der Waals surface area contributed by atoms with Crippen LogP contribution in [0.4, 0.5) is 11.4 Å². The first-order valence-corrected chi connectivity index (χ1v) is 3.32. The number of hydrogen-bond acceptors (Lipinski definition) is 4. The van der Waals surface area contributed by atoms with Gasteiger partial charge in [-0.15, -0.1) is 0 Å². The average Bonchev–Trinajstić information content (AvgIpc) is 1.96. The Labute approximate surface area is 72.5 Å². The van der Waals surface area contributed by atoms with E-state index in [1.54, 1.807) is 0 Å². The number of nitrogens with zero attached hydrogens (tertiary/aromatic N) is 1. The Bertz CT molecular complexity index is 340. The van der Waals surface area contributed by atoms with Crippen molar-refractivity contribution in [3.8, 4) is 5.75 Å². The number of anilines is 1. The molecule has 3 N–H and O–H groups in total. The normalized spacial score (nSPS) is 9.75. The van der Waals surface area contributed by atoms with Crippen molar-refractivity contribution in [2.45, 2.75) is 0 Å². The van der Waals surface area contributed by atoms with E-state index in [0.717, 1.165) is 12.1 Å². The molecule has 1 aromatic carbocycles. The van der Waals surface area contributed by atoms with Crippen LogP contribution in [0.3, 0.4) is 0 Å². The summed E-state index contributed by atoms with van der Waals surface area (Å²) in [6.45, 7) is 0. The Balaban J connectivity index is 3.33. The smallest absolute Gasteiger partial charge is 0.312 e. The molecule has 0 amide bonds. The molecule has 0 unspecified atom stereocenters. The number of nitro benzene ring substituents is 1. The molecule has 0 atom stereocenters. The molecule has 0 radical (unpaired) electrons. The van der Waals surface area contributed by atoms with Crippen LogP contribution in [0, 0.1) is 10.1 Å². The summed E-state index contributed by atoms with van der Waals surface area (Å²) in [6, 6.07) is 2.05. The highest BCUT2D eigenvalue weighted by Gasteiger charge is 2.15. The third-order valence-electron chi connectivity index (χ3n) is 1.29. The molecule has 0 fully saturated rings. The third-order valence-corrected chi connectivity index (χ3v) is 1.62. The molecule has 5 nitrogen and oxygen atoms in total. The second kappa shape index (κ2) is 2.86. The number of benzene rings is 1. The predicted molar refractivity (Wildman–Crippen MR) is 44.2 cm³/mol. The van der Waals surface area contributed by atoms with Crippen LogP contribution in [-0.4, -0.2) is 10.0 Å². The Morgan fingerprint density at radius 2 is 2.17 bits per heavy atom. The molecule has 0 aromatic heterocycles. The van der Waals surface area contributed by atoms with Crippen molar-refractivity contribution in [3.05, 3.63) is 27.3 Å². The van der Waals surface area contributed by atoms with Crippen LogP contribution in [0.15, 0.2) is 12.1 Å². The summed E-state index contributed by atoms with van der Waals surface area (Å²) in [5, 5.41) is 19.3. The number of rotatable bonds is 1. The van der Waals surface area contributed by atoms with Gasteiger partial charge in [0, 0.05) is 12.1 Å². The summed E-state index contributed by atoms with van der Waals surface area (Å²) in [6.07, 6.45) is 0. The van der Waals surface area contributed by atoms with Crippen molar-refractivity contribution >= 4 is 23.0 Å². The number of nitro groups is 1. The van der Waals surface area contributed by atoms with E-state index in [1.807, 2.05) is 0 Å². The van der Waals surface area contributed by atoms with E-state index in [2.05, 4.69) is 0 Å². The largest absolute Gasteiger partial charge is 0.502 e. The molecule has 0 heterocycles. The van der Waals surface area contributed by atoms with Crippen LogP contribution in [0.5, 0.6) is 5.75 Å². The molecule has 1 aromatic rings. The molecule has 1 rings (SSSR count). The fraction of sp³-hybridized carbons (Fsp3) is 0. The fourth-order valence-electron chi connectivity index (χ4n) is 0.714. The molecule has 0 saturated heterocycles. The van der Waals surface area contributed by atoms with Crippen LogP contribution in [0.1, 0.15) is 0 Å². The second-order valence-electron chi connectivity index (χ2n) is 2.12. The lowest BCUT2D eigenvalue weighted by molar-refractivity contribution is -0.385. The number of phenols is 1. The van der Waals surface area contributed by atoms with E-state index >= 15 is 0 Å². The van der Waals surface area contributed by atoms with Gasteiger partial charge < -0.3 is 10.8 Å². The zero-order valence-corrected chi connectivity index (χ0v) is 6.58. The summed E-state index contributed by atoms with van der Waals surface area (Å²) in [5.41, 5.74) is 4.94. The van der Waals surface area contributed by atoms with Gasteiger partial charge >= 0.3 is 5.69 Å². The summed E-state index contributed by atoms with van der Waals surface area (Å²) < 4.78 is 0. The summed E-state index contributed by atoms with van der Waals surface area (Å²) >= 11 is 5.49. The maximum absolute atomic E-state index is 10.2. The number of halogens is 1. The lowest BCUT2D eigenvalue weighted by atomic mass is 10.2. The van der Waals surface area contributed by atoms with Crippen LogP contribution in [0.25, 0.3) is 0 Å². The fourth-order valence-corrected chi connectivity index (χ4v) is 0.872. The summed E-state index contributed by atoms with van der Waals surface area (Å²) in [5.74, 6) is -0.484. The number of aromatic hydroxyl groups is 1. The van der Waals surface area contributed by atoms with Gasteiger partial charge in [0.2, 0.25) is 0 Å². The Morgan fingerprint density at radius 1 is 1.58 bits per heavy atom. The van der Waals surface area contributed by atoms with Gasteiger partial charge in [0.15, 0.2) is 5.75 Å². The van der Waals surface area contributed by atoms with Gasteiger partial charge in [-0.3, -0.25) is 10.1 Å². The number of hydrogen-bond donors (Lipinski definition) is 2. The zero-order chi connectivity index (χ0) is 9.30. The molecular weight excluding hydrogens is 184 g/mol. The van der Waals surface area contributed by atoms with Gasteiger partial charge in [-0.2, -0.15) is 0 Å². The number of nitrogens with two attached hydrogens (primary N) is 1. The van der Waals surface area contributed by atoms with Crippen molar-refractivity contribution < 1.29 is 10.0 Å².